The number of amides is 1. The molecule has 0 unspecified atom stereocenters. The van der Waals surface area contributed by atoms with Crippen molar-refractivity contribution < 1.29 is 9.72 Å². The highest BCUT2D eigenvalue weighted by Crippen LogP contribution is 2.25. The van der Waals surface area contributed by atoms with Gasteiger partial charge in [0, 0.05) is 33.3 Å². The Kier molecular flexibility index (Phi) is 4.79. The third-order valence-corrected chi connectivity index (χ3v) is 4.32. The molecular formula is C17H13IN4O3. The summed E-state index contributed by atoms with van der Waals surface area (Å²) >= 11 is 2.19. The zero-order valence-electron chi connectivity index (χ0n) is 13.1. The Morgan fingerprint density at radius 2 is 2.08 bits per heavy atom. The molecular weight excluding hydrogens is 435 g/mol. The van der Waals surface area contributed by atoms with Crippen LogP contribution < -0.4 is 5.32 Å². The van der Waals surface area contributed by atoms with Crippen LogP contribution in [0.15, 0.2) is 55.1 Å². The molecule has 0 bridgehead atoms. The van der Waals surface area contributed by atoms with Gasteiger partial charge in [0.05, 0.1) is 11.3 Å². The molecule has 1 aromatic heterocycles. The Bertz CT molecular complexity index is 955. The van der Waals surface area contributed by atoms with Crippen molar-refractivity contribution in [1.29, 1.82) is 0 Å². The van der Waals surface area contributed by atoms with E-state index in [0.29, 0.717) is 11.4 Å². The SMILES string of the molecule is Cc1cc(I)ccc1NC(=O)c1ccc(-n2ccnc2)c([N+](=O)[O-])c1. The monoisotopic (exact) mass is 448 g/mol. The summed E-state index contributed by atoms with van der Waals surface area (Å²) in [6.45, 7) is 1.89. The molecule has 126 valence electrons. The fourth-order valence-electron chi connectivity index (χ4n) is 2.39. The lowest BCUT2D eigenvalue weighted by Gasteiger charge is -2.10. The molecule has 25 heavy (non-hydrogen) atoms. The van der Waals surface area contributed by atoms with E-state index < -0.39 is 10.8 Å². The number of nitro groups is 1. The summed E-state index contributed by atoms with van der Waals surface area (Å²) in [6.07, 6.45) is 4.61. The largest absolute Gasteiger partial charge is 0.322 e. The topological polar surface area (TPSA) is 90.1 Å². The van der Waals surface area contributed by atoms with Crippen LogP contribution in [0, 0.1) is 20.6 Å². The van der Waals surface area contributed by atoms with E-state index in [1.807, 2.05) is 25.1 Å². The number of carbonyl (C=O) groups is 1. The van der Waals surface area contributed by atoms with Crippen LogP contribution in [0.25, 0.3) is 5.69 Å². The second-order valence-electron chi connectivity index (χ2n) is 5.34. The van der Waals surface area contributed by atoms with Gasteiger partial charge in [-0.3, -0.25) is 14.9 Å². The number of aromatic nitrogens is 2. The van der Waals surface area contributed by atoms with E-state index >= 15 is 0 Å². The number of rotatable bonds is 4. The molecule has 0 radical (unpaired) electrons. The fraction of sp³-hybridized carbons (Fsp3) is 0.0588. The first-order chi connectivity index (χ1) is 12.0. The molecule has 1 amide bonds. The summed E-state index contributed by atoms with van der Waals surface area (Å²) in [5.74, 6) is -0.399. The van der Waals surface area contributed by atoms with Crippen molar-refractivity contribution in [2.24, 2.45) is 0 Å². The average Bonchev–Trinajstić information content (AvgIpc) is 3.11. The predicted molar refractivity (Wildman–Crippen MR) is 102 cm³/mol. The quantitative estimate of drug-likeness (QED) is 0.372. The smallest absolute Gasteiger partial charge is 0.294 e. The number of halogens is 1. The number of imidazole rings is 1. The molecule has 0 saturated heterocycles. The maximum absolute atomic E-state index is 12.5. The van der Waals surface area contributed by atoms with Gasteiger partial charge in [0.15, 0.2) is 0 Å². The van der Waals surface area contributed by atoms with Gasteiger partial charge < -0.3 is 9.88 Å². The van der Waals surface area contributed by atoms with Crippen LogP contribution in [0.2, 0.25) is 0 Å². The zero-order valence-corrected chi connectivity index (χ0v) is 15.3. The lowest BCUT2D eigenvalue weighted by molar-refractivity contribution is -0.384. The Labute approximate surface area is 157 Å². The Morgan fingerprint density at radius 1 is 1.28 bits per heavy atom. The molecule has 0 atom stereocenters. The summed E-state index contributed by atoms with van der Waals surface area (Å²) in [4.78, 5) is 27.2. The van der Waals surface area contributed by atoms with Gasteiger partial charge in [-0.2, -0.15) is 0 Å². The molecule has 7 nitrogen and oxygen atoms in total. The standard InChI is InChI=1S/C17H13IN4O3/c1-11-8-13(18)3-4-14(11)20-17(23)12-2-5-15(16(9-12)22(24)25)21-7-6-19-10-21/h2-10H,1H3,(H,20,23). The summed E-state index contributed by atoms with van der Waals surface area (Å²) in [5, 5.41) is 14.2. The van der Waals surface area contributed by atoms with Crippen molar-refractivity contribution in [1.82, 2.24) is 9.55 Å². The molecule has 0 saturated carbocycles. The first-order valence-electron chi connectivity index (χ1n) is 7.30. The summed E-state index contributed by atoms with van der Waals surface area (Å²) < 4.78 is 2.59. The molecule has 8 heteroatoms. The van der Waals surface area contributed by atoms with Gasteiger partial charge in [-0.1, -0.05) is 0 Å². The molecule has 2 aromatic carbocycles. The number of hydrogen-bond donors (Lipinski definition) is 1. The molecule has 1 heterocycles. The molecule has 3 rings (SSSR count). The first kappa shape index (κ1) is 17.1. The van der Waals surface area contributed by atoms with Crippen molar-refractivity contribution in [2.75, 3.05) is 5.32 Å². The van der Waals surface area contributed by atoms with Gasteiger partial charge in [-0.25, -0.2) is 4.98 Å². The summed E-state index contributed by atoms with van der Waals surface area (Å²) in [7, 11) is 0. The minimum absolute atomic E-state index is 0.162. The zero-order chi connectivity index (χ0) is 18.0. The molecule has 0 aliphatic carbocycles. The van der Waals surface area contributed by atoms with Gasteiger partial charge in [-0.05, 0) is 65.4 Å². The number of aryl methyl sites for hydroxylation is 1. The third kappa shape index (κ3) is 3.68. The van der Waals surface area contributed by atoms with E-state index in [4.69, 9.17) is 0 Å². The van der Waals surface area contributed by atoms with Crippen LogP contribution in [-0.4, -0.2) is 20.4 Å². The number of nitrogens with zero attached hydrogens (tertiary/aromatic N) is 3. The van der Waals surface area contributed by atoms with E-state index in [0.717, 1.165) is 9.13 Å². The van der Waals surface area contributed by atoms with Gasteiger partial charge >= 0.3 is 0 Å². The van der Waals surface area contributed by atoms with E-state index in [1.165, 1.54) is 29.2 Å². The van der Waals surface area contributed by atoms with Gasteiger partial charge in [0.2, 0.25) is 0 Å². The highest BCUT2D eigenvalue weighted by atomic mass is 127. The second kappa shape index (κ2) is 7.01. The number of anilines is 1. The summed E-state index contributed by atoms with van der Waals surface area (Å²) in [5.41, 5.74) is 2.00. The Hall–Kier alpha value is -2.75. The lowest BCUT2D eigenvalue weighted by Crippen LogP contribution is -2.13. The maximum atomic E-state index is 12.5. The second-order valence-corrected chi connectivity index (χ2v) is 6.59. The van der Waals surface area contributed by atoms with Gasteiger partial charge in [0.1, 0.15) is 5.69 Å². The first-order valence-corrected chi connectivity index (χ1v) is 8.38. The van der Waals surface area contributed by atoms with E-state index in [-0.39, 0.29) is 11.3 Å². The minimum Gasteiger partial charge on any atom is -0.322 e. The predicted octanol–water partition coefficient (Wildman–Crippen LogP) is 3.95. The lowest BCUT2D eigenvalue weighted by atomic mass is 10.1. The van der Waals surface area contributed by atoms with Crippen molar-refractivity contribution in [3.05, 3.63) is 79.9 Å². The van der Waals surface area contributed by atoms with Crippen LogP contribution in [0.4, 0.5) is 11.4 Å². The van der Waals surface area contributed by atoms with Crippen molar-refractivity contribution in [3.63, 3.8) is 0 Å². The third-order valence-electron chi connectivity index (χ3n) is 3.65. The molecule has 0 aliphatic heterocycles. The number of nitro benzene ring substituents is 1. The van der Waals surface area contributed by atoms with Crippen molar-refractivity contribution >= 4 is 39.9 Å². The molecule has 0 aliphatic rings. The summed E-state index contributed by atoms with van der Waals surface area (Å²) in [6, 6.07) is 10.00. The van der Waals surface area contributed by atoms with E-state index in [2.05, 4.69) is 32.9 Å². The normalized spacial score (nSPS) is 10.5. The van der Waals surface area contributed by atoms with Crippen molar-refractivity contribution in [3.8, 4) is 5.69 Å². The molecule has 0 spiro atoms. The van der Waals surface area contributed by atoms with E-state index in [1.54, 1.807) is 12.3 Å². The molecule has 1 N–H and O–H groups in total. The van der Waals surface area contributed by atoms with Crippen molar-refractivity contribution in [2.45, 2.75) is 6.92 Å². The number of hydrogen-bond acceptors (Lipinski definition) is 4. The van der Waals surface area contributed by atoms with Crippen LogP contribution >= 0.6 is 22.6 Å². The molecule has 0 fully saturated rings. The number of nitrogens with one attached hydrogen (secondary N) is 1. The van der Waals surface area contributed by atoms with Gasteiger partial charge in [-0.15, -0.1) is 0 Å². The average molecular weight is 448 g/mol. The van der Waals surface area contributed by atoms with Gasteiger partial charge in [0.25, 0.3) is 11.6 Å². The number of benzene rings is 2. The Morgan fingerprint density at radius 3 is 2.72 bits per heavy atom. The number of carbonyl (C=O) groups excluding carboxylic acids is 1. The van der Waals surface area contributed by atoms with Crippen LogP contribution in [0.5, 0.6) is 0 Å². The maximum Gasteiger partial charge on any atom is 0.294 e. The van der Waals surface area contributed by atoms with Crippen LogP contribution in [0.3, 0.4) is 0 Å². The van der Waals surface area contributed by atoms with E-state index in [9.17, 15) is 14.9 Å². The fourth-order valence-corrected chi connectivity index (χ4v) is 3.04. The highest BCUT2D eigenvalue weighted by Gasteiger charge is 2.19. The highest BCUT2D eigenvalue weighted by molar-refractivity contribution is 14.1. The molecule has 3 aromatic rings. The van der Waals surface area contributed by atoms with Crippen LogP contribution in [0.1, 0.15) is 15.9 Å². The Balaban J connectivity index is 1.93. The minimum atomic E-state index is -0.512. The van der Waals surface area contributed by atoms with Crippen LogP contribution in [-0.2, 0) is 0 Å².